The number of carbonyl (C=O) groups is 2. The molecule has 0 aliphatic carbocycles. The Morgan fingerprint density at radius 3 is 2.52 bits per heavy atom. The molecule has 0 unspecified atom stereocenters. The van der Waals surface area contributed by atoms with E-state index in [1.807, 2.05) is 48.5 Å². The lowest BCUT2D eigenvalue weighted by Crippen LogP contribution is -2.41. The van der Waals surface area contributed by atoms with Gasteiger partial charge in [0.1, 0.15) is 12.4 Å². The Hall–Kier alpha value is -3.67. The van der Waals surface area contributed by atoms with E-state index < -0.39 is 11.8 Å². The largest absolute Gasteiger partial charge is 0.488 e. The predicted molar refractivity (Wildman–Crippen MR) is 114 cm³/mol. The topological polar surface area (TPSA) is 79.8 Å². The highest BCUT2D eigenvalue weighted by atomic mass is 16.5. The highest BCUT2D eigenvalue weighted by molar-refractivity contribution is 6.35. The van der Waals surface area contributed by atoms with Crippen LogP contribution in [0.1, 0.15) is 25.0 Å². The molecule has 3 rings (SSSR count). The Kier molecular flexibility index (Phi) is 6.58. The van der Waals surface area contributed by atoms with Crippen LogP contribution >= 0.6 is 0 Å². The number of hydrogen-bond acceptors (Lipinski definition) is 4. The van der Waals surface area contributed by atoms with Gasteiger partial charge in [-0.25, -0.2) is 5.43 Å². The standard InChI is InChI=1S/C23H23N3O3/c1-16(2)25-22(27)23(28)26-24-14-18-9-4-6-13-21(18)29-15-19-11-7-10-17-8-3-5-12-20(17)19/h3-14,16H,15H2,1-2H3,(H,25,27)(H,26,28)/b24-14-. The molecule has 0 atom stereocenters. The second-order valence-corrected chi connectivity index (χ2v) is 6.79. The molecular weight excluding hydrogens is 366 g/mol. The number of rotatable bonds is 6. The van der Waals surface area contributed by atoms with E-state index in [1.165, 1.54) is 6.21 Å². The quantitative estimate of drug-likeness (QED) is 0.385. The van der Waals surface area contributed by atoms with Crippen LogP contribution in [0.3, 0.4) is 0 Å². The van der Waals surface area contributed by atoms with Crippen molar-refractivity contribution >= 4 is 28.8 Å². The third-order valence-corrected chi connectivity index (χ3v) is 4.18. The van der Waals surface area contributed by atoms with Crippen molar-refractivity contribution in [3.8, 4) is 5.75 Å². The van der Waals surface area contributed by atoms with E-state index in [-0.39, 0.29) is 6.04 Å². The van der Waals surface area contributed by atoms with Gasteiger partial charge in [0.25, 0.3) is 0 Å². The smallest absolute Gasteiger partial charge is 0.329 e. The second-order valence-electron chi connectivity index (χ2n) is 6.79. The van der Waals surface area contributed by atoms with E-state index in [1.54, 1.807) is 13.8 Å². The number of fused-ring (bicyclic) bond motifs is 1. The fourth-order valence-corrected chi connectivity index (χ4v) is 2.83. The normalized spacial score (nSPS) is 11.0. The summed E-state index contributed by atoms with van der Waals surface area (Å²) in [5.41, 5.74) is 3.99. The molecular formula is C23H23N3O3. The molecule has 2 amide bonds. The SMILES string of the molecule is CC(C)NC(=O)C(=O)N/N=C\c1ccccc1OCc1cccc2ccccc12. The van der Waals surface area contributed by atoms with Crippen molar-refractivity contribution in [2.75, 3.05) is 0 Å². The third kappa shape index (κ3) is 5.42. The lowest BCUT2D eigenvalue weighted by atomic mass is 10.1. The summed E-state index contributed by atoms with van der Waals surface area (Å²) >= 11 is 0. The Bertz CT molecular complexity index is 1040. The van der Waals surface area contributed by atoms with Gasteiger partial charge >= 0.3 is 11.8 Å². The molecule has 0 aliphatic rings. The lowest BCUT2D eigenvalue weighted by Gasteiger charge is -2.11. The Morgan fingerprint density at radius 1 is 0.966 bits per heavy atom. The monoisotopic (exact) mass is 389 g/mol. The molecule has 0 aliphatic heterocycles. The van der Waals surface area contributed by atoms with Crippen LogP contribution < -0.4 is 15.5 Å². The zero-order chi connectivity index (χ0) is 20.6. The van der Waals surface area contributed by atoms with Crippen molar-refractivity contribution in [1.82, 2.24) is 10.7 Å². The summed E-state index contributed by atoms with van der Waals surface area (Å²) in [7, 11) is 0. The minimum absolute atomic E-state index is 0.125. The molecule has 29 heavy (non-hydrogen) atoms. The maximum Gasteiger partial charge on any atom is 0.329 e. The first-order valence-corrected chi connectivity index (χ1v) is 9.37. The summed E-state index contributed by atoms with van der Waals surface area (Å²) in [6, 6.07) is 21.5. The van der Waals surface area contributed by atoms with Gasteiger partial charge in [-0.15, -0.1) is 0 Å². The molecule has 6 heteroatoms. The molecule has 2 N–H and O–H groups in total. The van der Waals surface area contributed by atoms with Crippen LogP contribution in [-0.2, 0) is 16.2 Å². The van der Waals surface area contributed by atoms with E-state index >= 15 is 0 Å². The van der Waals surface area contributed by atoms with Gasteiger partial charge in [-0.1, -0.05) is 54.6 Å². The number of hydrogen-bond donors (Lipinski definition) is 2. The van der Waals surface area contributed by atoms with E-state index in [0.29, 0.717) is 17.9 Å². The minimum Gasteiger partial charge on any atom is -0.488 e. The summed E-state index contributed by atoms with van der Waals surface area (Å²) in [6.45, 7) is 3.95. The number of benzene rings is 3. The highest BCUT2D eigenvalue weighted by Gasteiger charge is 2.13. The second kappa shape index (κ2) is 9.50. The maximum absolute atomic E-state index is 11.7. The maximum atomic E-state index is 11.7. The van der Waals surface area contributed by atoms with Crippen LogP contribution in [0.5, 0.6) is 5.75 Å². The molecule has 0 bridgehead atoms. The number of ether oxygens (including phenoxy) is 1. The molecule has 0 aromatic heterocycles. The fraction of sp³-hybridized carbons (Fsp3) is 0.174. The van der Waals surface area contributed by atoms with E-state index in [0.717, 1.165) is 16.3 Å². The van der Waals surface area contributed by atoms with Gasteiger partial charge in [-0.05, 0) is 42.3 Å². The minimum atomic E-state index is -0.816. The highest BCUT2D eigenvalue weighted by Crippen LogP contribution is 2.22. The fourth-order valence-electron chi connectivity index (χ4n) is 2.83. The first-order chi connectivity index (χ1) is 14.0. The average Bonchev–Trinajstić information content (AvgIpc) is 2.72. The number of carbonyl (C=O) groups excluding carboxylic acids is 2. The Balaban J connectivity index is 1.67. The molecule has 0 spiro atoms. The van der Waals surface area contributed by atoms with Crippen molar-refractivity contribution in [3.05, 3.63) is 77.9 Å². The Morgan fingerprint density at radius 2 is 1.69 bits per heavy atom. The van der Waals surface area contributed by atoms with Crippen molar-refractivity contribution in [1.29, 1.82) is 0 Å². The molecule has 0 saturated carbocycles. The molecule has 0 radical (unpaired) electrons. The van der Waals surface area contributed by atoms with Crippen LogP contribution in [0.15, 0.2) is 71.8 Å². The summed E-state index contributed by atoms with van der Waals surface area (Å²) in [5, 5.41) is 8.68. The summed E-state index contributed by atoms with van der Waals surface area (Å²) in [4.78, 5) is 23.3. The van der Waals surface area contributed by atoms with E-state index in [4.69, 9.17) is 4.74 Å². The van der Waals surface area contributed by atoms with Crippen LogP contribution in [0.4, 0.5) is 0 Å². The van der Waals surface area contributed by atoms with Gasteiger partial charge in [0.2, 0.25) is 0 Å². The van der Waals surface area contributed by atoms with Crippen molar-refractivity contribution in [2.45, 2.75) is 26.5 Å². The third-order valence-electron chi connectivity index (χ3n) is 4.18. The van der Waals surface area contributed by atoms with Crippen LogP contribution in [0.2, 0.25) is 0 Å². The summed E-state index contributed by atoms with van der Waals surface area (Å²) < 4.78 is 6.01. The summed E-state index contributed by atoms with van der Waals surface area (Å²) in [5.74, 6) is -0.910. The van der Waals surface area contributed by atoms with Gasteiger partial charge in [0, 0.05) is 11.6 Å². The Labute approximate surface area is 169 Å². The number of nitrogens with one attached hydrogen (secondary N) is 2. The predicted octanol–water partition coefficient (Wildman–Crippen LogP) is 3.39. The van der Waals surface area contributed by atoms with E-state index in [9.17, 15) is 9.59 Å². The molecule has 3 aromatic rings. The van der Waals surface area contributed by atoms with Crippen molar-refractivity contribution in [2.24, 2.45) is 5.10 Å². The van der Waals surface area contributed by atoms with Crippen LogP contribution in [0, 0.1) is 0 Å². The molecule has 0 heterocycles. The molecule has 0 saturated heterocycles. The van der Waals surface area contributed by atoms with Crippen molar-refractivity contribution < 1.29 is 14.3 Å². The molecule has 3 aromatic carbocycles. The number of amides is 2. The number of hydrazone groups is 1. The van der Waals surface area contributed by atoms with Gasteiger partial charge in [-0.3, -0.25) is 9.59 Å². The van der Waals surface area contributed by atoms with Gasteiger partial charge in [-0.2, -0.15) is 5.10 Å². The number of nitrogens with zero attached hydrogens (tertiary/aromatic N) is 1. The van der Waals surface area contributed by atoms with Gasteiger partial charge < -0.3 is 10.1 Å². The van der Waals surface area contributed by atoms with Crippen molar-refractivity contribution in [3.63, 3.8) is 0 Å². The van der Waals surface area contributed by atoms with E-state index in [2.05, 4.69) is 34.0 Å². The molecule has 6 nitrogen and oxygen atoms in total. The molecule has 148 valence electrons. The number of para-hydroxylation sites is 1. The first-order valence-electron chi connectivity index (χ1n) is 9.37. The van der Waals surface area contributed by atoms with Crippen LogP contribution in [-0.4, -0.2) is 24.1 Å². The average molecular weight is 389 g/mol. The zero-order valence-electron chi connectivity index (χ0n) is 16.4. The lowest BCUT2D eigenvalue weighted by molar-refractivity contribution is -0.139. The van der Waals surface area contributed by atoms with Crippen LogP contribution in [0.25, 0.3) is 10.8 Å². The van der Waals surface area contributed by atoms with Gasteiger partial charge in [0.05, 0.1) is 6.21 Å². The molecule has 0 fully saturated rings. The summed E-state index contributed by atoms with van der Waals surface area (Å²) in [6.07, 6.45) is 1.46. The van der Waals surface area contributed by atoms with Gasteiger partial charge in [0.15, 0.2) is 0 Å². The first kappa shape index (κ1) is 20.1. The zero-order valence-corrected chi connectivity index (χ0v) is 16.4.